The average Bonchev–Trinajstić information content (AvgIpc) is 2.91. The average molecular weight is 326 g/mol. The molecule has 1 saturated heterocycles. The van der Waals surface area contributed by atoms with Crippen molar-refractivity contribution in [3.8, 4) is 11.3 Å². The van der Waals surface area contributed by atoms with Crippen molar-refractivity contribution in [3.05, 3.63) is 24.0 Å². The Morgan fingerprint density at radius 1 is 1.25 bits per heavy atom. The summed E-state index contributed by atoms with van der Waals surface area (Å²) in [4.78, 5) is 0. The second-order valence-corrected chi connectivity index (χ2v) is 7.51. The standard InChI is InChI=1S/C18H26N6/c1-13-15(12-24(2)23-13)16-3-4-17(22-21-16)20-11-14-9-18(10-14)5-7-19-8-6-18/h3-4,12,14,19H,5-11H2,1-2H3,(H,20,22). The largest absolute Gasteiger partial charge is 0.368 e. The zero-order valence-electron chi connectivity index (χ0n) is 14.5. The molecule has 1 spiro atoms. The summed E-state index contributed by atoms with van der Waals surface area (Å²) in [6.07, 6.45) is 7.41. The van der Waals surface area contributed by atoms with Crippen LogP contribution in [0.25, 0.3) is 11.3 Å². The monoisotopic (exact) mass is 326 g/mol. The van der Waals surface area contributed by atoms with Gasteiger partial charge in [0.25, 0.3) is 0 Å². The Bertz CT molecular complexity index is 691. The number of anilines is 1. The number of nitrogens with zero attached hydrogens (tertiary/aromatic N) is 4. The predicted molar refractivity (Wildman–Crippen MR) is 94.7 cm³/mol. The molecule has 1 saturated carbocycles. The van der Waals surface area contributed by atoms with Crippen LogP contribution in [0.4, 0.5) is 5.82 Å². The molecule has 2 aromatic rings. The van der Waals surface area contributed by atoms with Crippen molar-refractivity contribution >= 4 is 5.82 Å². The second kappa shape index (κ2) is 6.16. The molecule has 3 heterocycles. The maximum atomic E-state index is 4.36. The van der Waals surface area contributed by atoms with Gasteiger partial charge in [-0.25, -0.2) is 0 Å². The summed E-state index contributed by atoms with van der Waals surface area (Å²) >= 11 is 0. The van der Waals surface area contributed by atoms with Crippen molar-refractivity contribution in [1.29, 1.82) is 0 Å². The van der Waals surface area contributed by atoms with Gasteiger partial charge < -0.3 is 10.6 Å². The second-order valence-electron chi connectivity index (χ2n) is 7.51. The molecule has 2 aliphatic rings. The minimum Gasteiger partial charge on any atom is -0.368 e. The summed E-state index contributed by atoms with van der Waals surface area (Å²) in [5, 5.41) is 20.0. The van der Waals surface area contributed by atoms with Crippen molar-refractivity contribution in [2.24, 2.45) is 18.4 Å². The van der Waals surface area contributed by atoms with Crippen LogP contribution in [-0.2, 0) is 7.05 Å². The van der Waals surface area contributed by atoms with E-state index in [-0.39, 0.29) is 0 Å². The summed E-state index contributed by atoms with van der Waals surface area (Å²) in [6, 6.07) is 4.04. The number of aromatic nitrogens is 4. The lowest BCUT2D eigenvalue weighted by molar-refractivity contribution is 0.0285. The summed E-state index contributed by atoms with van der Waals surface area (Å²) in [5.41, 5.74) is 3.55. The first-order valence-electron chi connectivity index (χ1n) is 8.93. The molecule has 1 aliphatic carbocycles. The van der Waals surface area contributed by atoms with E-state index in [0.29, 0.717) is 5.41 Å². The van der Waals surface area contributed by atoms with E-state index in [4.69, 9.17) is 0 Å². The molecule has 2 N–H and O–H groups in total. The number of aryl methyl sites for hydroxylation is 2. The van der Waals surface area contributed by atoms with Gasteiger partial charge in [-0.2, -0.15) is 5.10 Å². The summed E-state index contributed by atoms with van der Waals surface area (Å²) in [6.45, 7) is 5.40. The molecule has 2 fully saturated rings. The maximum Gasteiger partial charge on any atom is 0.148 e. The Morgan fingerprint density at radius 2 is 2.04 bits per heavy atom. The van der Waals surface area contributed by atoms with Gasteiger partial charge in [-0.05, 0) is 69.2 Å². The molecule has 0 atom stereocenters. The third kappa shape index (κ3) is 3.02. The fourth-order valence-electron chi connectivity index (χ4n) is 4.34. The highest BCUT2D eigenvalue weighted by molar-refractivity contribution is 5.61. The maximum absolute atomic E-state index is 4.36. The molecule has 0 aromatic carbocycles. The topological polar surface area (TPSA) is 67.7 Å². The van der Waals surface area contributed by atoms with Gasteiger partial charge in [0.05, 0.1) is 11.4 Å². The van der Waals surface area contributed by atoms with E-state index in [0.717, 1.165) is 35.2 Å². The number of piperidine rings is 1. The molecule has 6 nitrogen and oxygen atoms in total. The molecule has 0 bridgehead atoms. The van der Waals surface area contributed by atoms with Crippen molar-refractivity contribution in [2.75, 3.05) is 25.0 Å². The first kappa shape index (κ1) is 15.6. The molecule has 4 rings (SSSR count). The normalized spacial score (nSPS) is 20.1. The lowest BCUT2D eigenvalue weighted by Crippen LogP contribution is -2.47. The van der Waals surface area contributed by atoms with Crippen LogP contribution in [0.5, 0.6) is 0 Å². The van der Waals surface area contributed by atoms with Crippen molar-refractivity contribution < 1.29 is 0 Å². The van der Waals surface area contributed by atoms with Gasteiger partial charge in [0.1, 0.15) is 5.82 Å². The van der Waals surface area contributed by atoms with Crippen molar-refractivity contribution in [1.82, 2.24) is 25.3 Å². The molecular weight excluding hydrogens is 300 g/mol. The van der Waals surface area contributed by atoms with Crippen LogP contribution in [-0.4, -0.2) is 39.6 Å². The lowest BCUT2D eigenvalue weighted by Gasteiger charge is -2.50. The third-order valence-electron chi connectivity index (χ3n) is 5.63. The fraction of sp³-hybridized carbons (Fsp3) is 0.611. The quantitative estimate of drug-likeness (QED) is 0.903. The SMILES string of the molecule is Cc1nn(C)cc1-c1ccc(NCC2CC3(CCNCC3)C2)nn1. The first-order valence-corrected chi connectivity index (χ1v) is 8.93. The van der Waals surface area contributed by atoms with E-state index < -0.39 is 0 Å². The summed E-state index contributed by atoms with van der Waals surface area (Å²) in [5.74, 6) is 1.65. The Hall–Kier alpha value is -1.95. The van der Waals surface area contributed by atoms with Gasteiger partial charge in [-0.3, -0.25) is 4.68 Å². The van der Waals surface area contributed by atoms with E-state index in [1.807, 2.05) is 37.0 Å². The molecule has 0 unspecified atom stereocenters. The summed E-state index contributed by atoms with van der Waals surface area (Å²) < 4.78 is 1.81. The van der Waals surface area contributed by atoms with Crippen LogP contribution in [0.1, 0.15) is 31.4 Å². The van der Waals surface area contributed by atoms with Gasteiger partial charge in [0, 0.05) is 25.4 Å². The van der Waals surface area contributed by atoms with Gasteiger partial charge in [-0.1, -0.05) is 0 Å². The molecule has 6 heteroatoms. The van der Waals surface area contributed by atoms with Gasteiger partial charge in [-0.15, -0.1) is 10.2 Å². The molecule has 0 radical (unpaired) electrons. The van der Waals surface area contributed by atoms with Crippen LogP contribution < -0.4 is 10.6 Å². The van der Waals surface area contributed by atoms with Crippen molar-refractivity contribution in [3.63, 3.8) is 0 Å². The Kier molecular flexibility index (Phi) is 4.00. The zero-order valence-corrected chi connectivity index (χ0v) is 14.5. The Labute approximate surface area is 143 Å². The first-order chi connectivity index (χ1) is 11.6. The fourth-order valence-corrected chi connectivity index (χ4v) is 4.34. The smallest absolute Gasteiger partial charge is 0.148 e. The van der Waals surface area contributed by atoms with Crippen LogP contribution in [0.3, 0.4) is 0 Å². The number of rotatable bonds is 4. The Balaban J connectivity index is 1.31. The lowest BCUT2D eigenvalue weighted by atomic mass is 9.58. The van der Waals surface area contributed by atoms with Crippen molar-refractivity contribution in [2.45, 2.75) is 32.6 Å². The highest BCUT2D eigenvalue weighted by Crippen LogP contribution is 2.51. The van der Waals surface area contributed by atoms with E-state index in [2.05, 4.69) is 25.9 Å². The van der Waals surface area contributed by atoms with Crippen LogP contribution in [0, 0.1) is 18.3 Å². The van der Waals surface area contributed by atoms with Gasteiger partial charge in [0.15, 0.2) is 0 Å². The highest BCUT2D eigenvalue weighted by Gasteiger charge is 2.43. The van der Waals surface area contributed by atoms with E-state index in [1.165, 1.54) is 38.8 Å². The zero-order chi connectivity index (χ0) is 16.6. The Morgan fingerprint density at radius 3 is 2.67 bits per heavy atom. The number of nitrogens with one attached hydrogen (secondary N) is 2. The van der Waals surface area contributed by atoms with E-state index in [1.54, 1.807) is 0 Å². The van der Waals surface area contributed by atoms with Gasteiger partial charge in [0.2, 0.25) is 0 Å². The molecule has 1 aliphatic heterocycles. The summed E-state index contributed by atoms with van der Waals surface area (Å²) in [7, 11) is 1.92. The van der Waals surface area contributed by atoms with Crippen LogP contribution in [0.15, 0.2) is 18.3 Å². The molecule has 2 aromatic heterocycles. The number of hydrogen-bond donors (Lipinski definition) is 2. The molecule has 24 heavy (non-hydrogen) atoms. The third-order valence-corrected chi connectivity index (χ3v) is 5.63. The van der Waals surface area contributed by atoms with E-state index in [9.17, 15) is 0 Å². The minimum atomic E-state index is 0.644. The highest BCUT2D eigenvalue weighted by atomic mass is 15.3. The van der Waals surface area contributed by atoms with E-state index >= 15 is 0 Å². The van der Waals surface area contributed by atoms with Crippen LogP contribution in [0.2, 0.25) is 0 Å². The predicted octanol–water partition coefficient (Wildman–Crippen LogP) is 2.38. The number of hydrogen-bond acceptors (Lipinski definition) is 5. The minimum absolute atomic E-state index is 0.644. The molecule has 0 amide bonds. The van der Waals surface area contributed by atoms with Gasteiger partial charge >= 0.3 is 0 Å². The molecule has 128 valence electrons. The molecular formula is C18H26N6. The van der Waals surface area contributed by atoms with Crippen LogP contribution >= 0.6 is 0 Å².